The summed E-state index contributed by atoms with van der Waals surface area (Å²) in [6, 6.07) is 10.1. The smallest absolute Gasteiger partial charge is 0.409 e. The molecular formula is C12H10N2O3. The van der Waals surface area contributed by atoms with Crippen molar-refractivity contribution in [2.75, 3.05) is 5.32 Å². The lowest BCUT2D eigenvalue weighted by molar-refractivity contribution is 0.209. The zero-order valence-electron chi connectivity index (χ0n) is 8.83. The van der Waals surface area contributed by atoms with Crippen LogP contribution in [0.3, 0.4) is 0 Å². The molecule has 2 rings (SSSR count). The van der Waals surface area contributed by atoms with Crippen molar-refractivity contribution in [3.05, 3.63) is 48.8 Å². The molecular weight excluding hydrogens is 220 g/mol. The zero-order chi connectivity index (χ0) is 12.1. The lowest BCUT2D eigenvalue weighted by atomic mass is 10.3. The van der Waals surface area contributed by atoms with Crippen LogP contribution < -0.4 is 10.1 Å². The number of nitrogens with zero attached hydrogens (tertiary/aromatic N) is 1. The van der Waals surface area contributed by atoms with Crippen LogP contribution in [0.2, 0.25) is 0 Å². The van der Waals surface area contributed by atoms with Crippen LogP contribution in [-0.4, -0.2) is 16.2 Å². The molecule has 0 aliphatic heterocycles. The summed E-state index contributed by atoms with van der Waals surface area (Å²) in [4.78, 5) is 14.3. The minimum absolute atomic E-state index is 0.500. The second-order valence-electron chi connectivity index (χ2n) is 3.24. The Labute approximate surface area is 97.7 Å². The number of aromatic nitrogens is 1. The first-order valence-electron chi connectivity index (χ1n) is 4.92. The summed E-state index contributed by atoms with van der Waals surface area (Å²) in [5.74, 6) is 1.31. The van der Waals surface area contributed by atoms with Crippen molar-refractivity contribution in [3.63, 3.8) is 0 Å². The van der Waals surface area contributed by atoms with E-state index in [4.69, 9.17) is 9.84 Å². The molecule has 0 radical (unpaired) electrons. The topological polar surface area (TPSA) is 71.5 Å². The Morgan fingerprint density at radius 2 is 1.65 bits per heavy atom. The molecule has 0 spiro atoms. The van der Waals surface area contributed by atoms with Gasteiger partial charge in [-0.05, 0) is 36.4 Å². The standard InChI is InChI=1S/C12H10N2O3/c15-12(16)14-9-1-3-10(4-2-9)17-11-5-7-13-8-6-11/h1-8,14H,(H,15,16). The van der Waals surface area contributed by atoms with E-state index in [1.807, 2.05) is 0 Å². The first-order chi connectivity index (χ1) is 8.24. The van der Waals surface area contributed by atoms with Gasteiger partial charge in [0.05, 0.1) is 0 Å². The monoisotopic (exact) mass is 230 g/mol. The van der Waals surface area contributed by atoms with Crippen LogP contribution in [0.1, 0.15) is 0 Å². The number of hydrogen-bond donors (Lipinski definition) is 2. The van der Waals surface area contributed by atoms with E-state index < -0.39 is 6.09 Å². The third kappa shape index (κ3) is 3.20. The molecule has 0 aliphatic rings. The molecule has 0 aliphatic carbocycles. The minimum Gasteiger partial charge on any atom is -0.465 e. The lowest BCUT2D eigenvalue weighted by Gasteiger charge is -2.06. The lowest BCUT2D eigenvalue weighted by Crippen LogP contribution is -2.06. The molecule has 1 heterocycles. The second-order valence-corrected chi connectivity index (χ2v) is 3.24. The maximum atomic E-state index is 10.4. The summed E-state index contributed by atoms with van der Waals surface area (Å²) in [6.45, 7) is 0. The number of pyridine rings is 1. The SMILES string of the molecule is O=C(O)Nc1ccc(Oc2ccncc2)cc1. The van der Waals surface area contributed by atoms with E-state index in [-0.39, 0.29) is 0 Å². The molecule has 1 amide bonds. The number of carboxylic acid groups (broad SMARTS) is 1. The maximum Gasteiger partial charge on any atom is 0.409 e. The molecule has 2 aromatic rings. The molecule has 1 aromatic carbocycles. The van der Waals surface area contributed by atoms with Crippen molar-refractivity contribution in [3.8, 4) is 11.5 Å². The number of amides is 1. The molecule has 0 unspecified atom stereocenters. The molecule has 5 heteroatoms. The molecule has 0 bridgehead atoms. The van der Waals surface area contributed by atoms with E-state index in [9.17, 15) is 4.79 Å². The Morgan fingerprint density at radius 3 is 2.24 bits per heavy atom. The number of rotatable bonds is 3. The summed E-state index contributed by atoms with van der Waals surface area (Å²) >= 11 is 0. The summed E-state index contributed by atoms with van der Waals surface area (Å²) < 4.78 is 5.52. The van der Waals surface area contributed by atoms with Crippen LogP contribution in [0.15, 0.2) is 48.8 Å². The Kier molecular flexibility index (Phi) is 3.20. The Bertz CT molecular complexity index is 497. The van der Waals surface area contributed by atoms with Crippen molar-refractivity contribution >= 4 is 11.8 Å². The molecule has 2 N–H and O–H groups in total. The van der Waals surface area contributed by atoms with Crippen LogP contribution >= 0.6 is 0 Å². The van der Waals surface area contributed by atoms with Gasteiger partial charge in [-0.3, -0.25) is 10.3 Å². The van der Waals surface area contributed by atoms with Crippen LogP contribution in [0.25, 0.3) is 0 Å². The molecule has 0 saturated carbocycles. The van der Waals surface area contributed by atoms with Crippen molar-refractivity contribution in [1.82, 2.24) is 4.98 Å². The quantitative estimate of drug-likeness (QED) is 0.850. The predicted octanol–water partition coefficient (Wildman–Crippen LogP) is 2.96. The summed E-state index contributed by atoms with van der Waals surface area (Å²) in [7, 11) is 0. The van der Waals surface area contributed by atoms with Gasteiger partial charge in [0.2, 0.25) is 0 Å². The van der Waals surface area contributed by atoms with Gasteiger partial charge >= 0.3 is 6.09 Å². The van der Waals surface area contributed by atoms with Crippen LogP contribution in [0.5, 0.6) is 11.5 Å². The normalized spacial score (nSPS) is 9.65. The fourth-order valence-electron chi connectivity index (χ4n) is 1.27. The van der Waals surface area contributed by atoms with E-state index in [2.05, 4.69) is 10.3 Å². The van der Waals surface area contributed by atoms with Crippen LogP contribution in [0.4, 0.5) is 10.5 Å². The zero-order valence-corrected chi connectivity index (χ0v) is 8.83. The van der Waals surface area contributed by atoms with E-state index >= 15 is 0 Å². The van der Waals surface area contributed by atoms with Gasteiger partial charge in [-0.25, -0.2) is 4.79 Å². The average Bonchev–Trinajstić information content (AvgIpc) is 2.32. The van der Waals surface area contributed by atoms with Gasteiger partial charge in [0.25, 0.3) is 0 Å². The number of ether oxygens (including phenoxy) is 1. The fraction of sp³-hybridized carbons (Fsp3) is 0. The third-order valence-electron chi connectivity index (χ3n) is 1.99. The molecule has 0 fully saturated rings. The number of nitrogens with one attached hydrogen (secondary N) is 1. The summed E-state index contributed by atoms with van der Waals surface area (Å²) in [5.41, 5.74) is 0.500. The number of anilines is 1. The largest absolute Gasteiger partial charge is 0.465 e. The number of carbonyl (C=O) groups is 1. The summed E-state index contributed by atoms with van der Waals surface area (Å²) in [5, 5.41) is 10.8. The maximum absolute atomic E-state index is 10.4. The van der Waals surface area contributed by atoms with Gasteiger partial charge in [0.15, 0.2) is 0 Å². The Balaban J connectivity index is 2.06. The van der Waals surface area contributed by atoms with Crippen LogP contribution in [0, 0.1) is 0 Å². The van der Waals surface area contributed by atoms with E-state index in [1.54, 1.807) is 48.8 Å². The van der Waals surface area contributed by atoms with Crippen LogP contribution in [-0.2, 0) is 0 Å². The van der Waals surface area contributed by atoms with Crippen molar-refractivity contribution in [1.29, 1.82) is 0 Å². The van der Waals surface area contributed by atoms with Crippen molar-refractivity contribution in [2.45, 2.75) is 0 Å². The summed E-state index contributed by atoms with van der Waals surface area (Å²) in [6.07, 6.45) is 2.18. The van der Waals surface area contributed by atoms with Crippen molar-refractivity contribution in [2.24, 2.45) is 0 Å². The highest BCUT2D eigenvalue weighted by Gasteiger charge is 1.99. The second kappa shape index (κ2) is 4.98. The number of hydrogen-bond acceptors (Lipinski definition) is 3. The van der Waals surface area contributed by atoms with E-state index in [0.717, 1.165) is 0 Å². The van der Waals surface area contributed by atoms with Gasteiger partial charge in [0, 0.05) is 18.1 Å². The van der Waals surface area contributed by atoms with Gasteiger partial charge in [0.1, 0.15) is 11.5 Å². The minimum atomic E-state index is -1.09. The average molecular weight is 230 g/mol. The Morgan fingerprint density at radius 1 is 1.06 bits per heavy atom. The fourth-order valence-corrected chi connectivity index (χ4v) is 1.27. The molecule has 0 saturated heterocycles. The van der Waals surface area contributed by atoms with Gasteiger partial charge in [-0.1, -0.05) is 0 Å². The molecule has 86 valence electrons. The van der Waals surface area contributed by atoms with Gasteiger partial charge < -0.3 is 9.84 Å². The Hall–Kier alpha value is -2.56. The van der Waals surface area contributed by atoms with Gasteiger partial charge in [-0.15, -0.1) is 0 Å². The molecule has 5 nitrogen and oxygen atoms in total. The highest BCUT2D eigenvalue weighted by molar-refractivity contribution is 5.82. The van der Waals surface area contributed by atoms with E-state index in [1.165, 1.54) is 0 Å². The molecule has 1 aromatic heterocycles. The van der Waals surface area contributed by atoms with Crippen molar-refractivity contribution < 1.29 is 14.6 Å². The predicted molar refractivity (Wildman–Crippen MR) is 62.4 cm³/mol. The first-order valence-corrected chi connectivity index (χ1v) is 4.92. The van der Waals surface area contributed by atoms with Gasteiger partial charge in [-0.2, -0.15) is 0 Å². The highest BCUT2D eigenvalue weighted by atomic mass is 16.5. The first kappa shape index (κ1) is 10.9. The number of benzene rings is 1. The molecule has 17 heavy (non-hydrogen) atoms. The highest BCUT2D eigenvalue weighted by Crippen LogP contribution is 2.22. The molecule has 0 atom stereocenters. The third-order valence-corrected chi connectivity index (χ3v) is 1.99. The van der Waals surface area contributed by atoms with E-state index in [0.29, 0.717) is 17.2 Å².